The third-order valence-electron chi connectivity index (χ3n) is 4.29. The van der Waals surface area contributed by atoms with Crippen molar-refractivity contribution >= 4 is 5.91 Å². The Bertz CT molecular complexity index is 850. The maximum atomic E-state index is 13.7. The number of nitrogens with two attached hydrogens (primary N) is 1. The maximum Gasteiger partial charge on any atom is 0.451 e. The molecule has 0 spiro atoms. The number of nitrogens with zero attached hydrogens (tertiary/aromatic N) is 4. The van der Waals surface area contributed by atoms with E-state index in [1.165, 1.54) is 4.90 Å². The van der Waals surface area contributed by atoms with Crippen molar-refractivity contribution in [1.29, 1.82) is 0 Å². The van der Waals surface area contributed by atoms with Gasteiger partial charge < -0.3 is 15.2 Å². The Morgan fingerprint density at radius 2 is 1.96 bits per heavy atom. The van der Waals surface area contributed by atoms with Gasteiger partial charge in [0.1, 0.15) is 11.6 Å². The molecule has 27 heavy (non-hydrogen) atoms. The highest BCUT2D eigenvalue weighted by atomic mass is 19.4. The van der Waals surface area contributed by atoms with Crippen molar-refractivity contribution in [2.75, 3.05) is 6.54 Å². The number of alkyl halides is 3. The smallest absolute Gasteiger partial charge is 0.333 e. The normalized spacial score (nSPS) is 15.6. The fourth-order valence-electron chi connectivity index (χ4n) is 2.99. The van der Waals surface area contributed by atoms with Crippen LogP contribution in [0, 0.1) is 11.6 Å². The van der Waals surface area contributed by atoms with Gasteiger partial charge in [-0.3, -0.25) is 4.79 Å². The number of fused-ring (bicyclic) bond motifs is 1. The minimum atomic E-state index is -4.62. The molecule has 0 fully saturated rings. The van der Waals surface area contributed by atoms with Crippen LogP contribution in [0.4, 0.5) is 22.0 Å². The molecule has 0 saturated carbocycles. The molecule has 0 saturated heterocycles. The standard InChI is InChI=1S/C16H16F5N5O/c17-10-1-2-12(18)9(5-10)6-11(22)7-14(27)25-3-4-26-13(8-25)23-24-15(26)16(19,20)21/h1-2,5,11H,3-4,6-8,22H2/t11-/m1/s1. The van der Waals surface area contributed by atoms with Crippen LogP contribution in [0.5, 0.6) is 0 Å². The lowest BCUT2D eigenvalue weighted by atomic mass is 10.0. The zero-order valence-electron chi connectivity index (χ0n) is 14.0. The highest BCUT2D eigenvalue weighted by Crippen LogP contribution is 2.29. The molecule has 2 heterocycles. The molecule has 1 amide bonds. The minimum Gasteiger partial charge on any atom is -0.333 e. The Morgan fingerprint density at radius 1 is 1.22 bits per heavy atom. The number of amides is 1. The second-order valence-corrected chi connectivity index (χ2v) is 6.31. The number of carbonyl (C=O) groups excluding carboxylic acids is 1. The van der Waals surface area contributed by atoms with Gasteiger partial charge in [-0.1, -0.05) is 0 Å². The second kappa shape index (κ2) is 7.22. The van der Waals surface area contributed by atoms with Crippen molar-refractivity contribution in [3.05, 3.63) is 47.0 Å². The SMILES string of the molecule is N[C@@H](CC(=O)N1CCn2c(nnc2C(F)(F)F)C1)Cc1cc(F)ccc1F. The van der Waals surface area contributed by atoms with Gasteiger partial charge in [0.05, 0.1) is 6.54 Å². The molecule has 0 aliphatic carbocycles. The molecule has 146 valence electrons. The van der Waals surface area contributed by atoms with E-state index in [1.807, 2.05) is 0 Å². The van der Waals surface area contributed by atoms with Gasteiger partial charge >= 0.3 is 6.18 Å². The molecule has 1 aliphatic rings. The second-order valence-electron chi connectivity index (χ2n) is 6.31. The average Bonchev–Trinajstić information content (AvgIpc) is 3.01. The van der Waals surface area contributed by atoms with Gasteiger partial charge in [0, 0.05) is 25.6 Å². The summed E-state index contributed by atoms with van der Waals surface area (Å²) >= 11 is 0. The summed E-state index contributed by atoms with van der Waals surface area (Å²) in [5.74, 6) is -2.69. The van der Waals surface area contributed by atoms with Crippen LogP contribution in [0.15, 0.2) is 18.2 Å². The fourth-order valence-corrected chi connectivity index (χ4v) is 2.99. The molecule has 11 heteroatoms. The topological polar surface area (TPSA) is 77.0 Å². The predicted octanol–water partition coefficient (Wildman–Crippen LogP) is 1.88. The van der Waals surface area contributed by atoms with Crippen molar-refractivity contribution in [2.45, 2.75) is 38.1 Å². The molecule has 6 nitrogen and oxygen atoms in total. The number of carbonyl (C=O) groups is 1. The highest BCUT2D eigenvalue weighted by Gasteiger charge is 2.39. The van der Waals surface area contributed by atoms with Crippen molar-refractivity contribution < 1.29 is 26.7 Å². The minimum absolute atomic E-state index is 0.0340. The first-order valence-electron chi connectivity index (χ1n) is 8.11. The molecule has 0 bridgehead atoms. The molecule has 3 rings (SSSR count). The van der Waals surface area contributed by atoms with E-state index >= 15 is 0 Å². The van der Waals surface area contributed by atoms with Gasteiger partial charge in [-0.2, -0.15) is 13.2 Å². The van der Waals surface area contributed by atoms with Crippen molar-refractivity contribution in [3.63, 3.8) is 0 Å². The number of benzene rings is 1. The number of rotatable bonds is 4. The third-order valence-corrected chi connectivity index (χ3v) is 4.29. The molecule has 1 atom stereocenters. The summed E-state index contributed by atoms with van der Waals surface area (Å²) in [7, 11) is 0. The van der Waals surface area contributed by atoms with Crippen LogP contribution in [0.25, 0.3) is 0 Å². The van der Waals surface area contributed by atoms with Gasteiger partial charge in [0.15, 0.2) is 5.82 Å². The van der Waals surface area contributed by atoms with Gasteiger partial charge in [0.25, 0.3) is 0 Å². The molecule has 0 radical (unpaired) electrons. The van der Waals surface area contributed by atoms with Gasteiger partial charge in [-0.15, -0.1) is 10.2 Å². The Hall–Kier alpha value is -2.56. The maximum absolute atomic E-state index is 13.7. The first-order valence-corrected chi connectivity index (χ1v) is 8.11. The van der Waals surface area contributed by atoms with E-state index in [0.717, 1.165) is 22.8 Å². The fraction of sp³-hybridized carbons (Fsp3) is 0.438. The zero-order valence-corrected chi connectivity index (χ0v) is 14.0. The molecular weight excluding hydrogens is 373 g/mol. The highest BCUT2D eigenvalue weighted by molar-refractivity contribution is 5.76. The number of aromatic nitrogens is 3. The lowest BCUT2D eigenvalue weighted by Gasteiger charge is -2.29. The van der Waals surface area contributed by atoms with E-state index in [0.29, 0.717) is 0 Å². The molecule has 2 N–H and O–H groups in total. The number of hydrogen-bond donors (Lipinski definition) is 1. The van der Waals surface area contributed by atoms with Crippen LogP contribution in [-0.4, -0.2) is 38.2 Å². The monoisotopic (exact) mass is 389 g/mol. The summed E-state index contributed by atoms with van der Waals surface area (Å²) in [5, 5.41) is 6.65. The van der Waals surface area contributed by atoms with Gasteiger partial charge in [-0.05, 0) is 30.2 Å². The van der Waals surface area contributed by atoms with E-state index in [9.17, 15) is 26.7 Å². The molecule has 1 aromatic carbocycles. The molecule has 1 aliphatic heterocycles. The van der Waals surface area contributed by atoms with E-state index in [4.69, 9.17) is 5.73 Å². The van der Waals surface area contributed by atoms with E-state index in [-0.39, 0.29) is 43.9 Å². The predicted molar refractivity (Wildman–Crippen MR) is 83.1 cm³/mol. The van der Waals surface area contributed by atoms with Crippen molar-refractivity contribution in [2.24, 2.45) is 5.73 Å². The van der Waals surface area contributed by atoms with E-state index in [2.05, 4.69) is 10.2 Å². The van der Waals surface area contributed by atoms with Crippen LogP contribution in [0.3, 0.4) is 0 Å². The Balaban J connectivity index is 1.62. The zero-order chi connectivity index (χ0) is 19.8. The van der Waals surface area contributed by atoms with E-state index < -0.39 is 35.6 Å². The molecular formula is C16H16F5N5O. The van der Waals surface area contributed by atoms with Crippen LogP contribution >= 0.6 is 0 Å². The third kappa shape index (κ3) is 4.24. The number of halogens is 5. The lowest BCUT2D eigenvalue weighted by Crippen LogP contribution is -2.42. The van der Waals surface area contributed by atoms with Crippen LogP contribution in [0.1, 0.15) is 23.6 Å². The number of hydrogen-bond acceptors (Lipinski definition) is 4. The van der Waals surface area contributed by atoms with Crippen LogP contribution < -0.4 is 5.73 Å². The Labute approximate surface area is 150 Å². The first kappa shape index (κ1) is 19.2. The van der Waals surface area contributed by atoms with Gasteiger partial charge in [0.2, 0.25) is 11.7 Å². The van der Waals surface area contributed by atoms with E-state index in [1.54, 1.807) is 0 Å². The Kier molecular flexibility index (Phi) is 5.13. The van der Waals surface area contributed by atoms with Crippen LogP contribution in [0.2, 0.25) is 0 Å². The largest absolute Gasteiger partial charge is 0.451 e. The summed E-state index contributed by atoms with van der Waals surface area (Å²) in [6, 6.07) is 2.21. The first-order chi connectivity index (χ1) is 12.6. The van der Waals surface area contributed by atoms with Gasteiger partial charge in [-0.25, -0.2) is 8.78 Å². The Morgan fingerprint density at radius 3 is 2.67 bits per heavy atom. The summed E-state index contributed by atoms with van der Waals surface area (Å²) in [6.45, 7) is -0.159. The summed E-state index contributed by atoms with van der Waals surface area (Å²) in [4.78, 5) is 13.7. The van der Waals surface area contributed by atoms with Crippen molar-refractivity contribution in [1.82, 2.24) is 19.7 Å². The lowest BCUT2D eigenvalue weighted by molar-refractivity contribution is -0.148. The average molecular weight is 389 g/mol. The van der Waals surface area contributed by atoms with Crippen LogP contribution in [-0.2, 0) is 30.5 Å². The molecule has 2 aromatic rings. The quantitative estimate of drug-likeness (QED) is 0.811. The molecule has 1 aromatic heterocycles. The summed E-state index contributed by atoms with van der Waals surface area (Å²) in [6.07, 6.45) is -4.82. The summed E-state index contributed by atoms with van der Waals surface area (Å²) in [5.41, 5.74) is 5.93. The molecule has 0 unspecified atom stereocenters. The summed E-state index contributed by atoms with van der Waals surface area (Å²) < 4.78 is 66.3. The van der Waals surface area contributed by atoms with Crippen molar-refractivity contribution in [3.8, 4) is 0 Å².